The molecule has 2 heterocycles. The minimum atomic E-state index is -0.178. The Kier molecular flexibility index (Phi) is 5.35. The molecule has 0 aliphatic carbocycles. The van der Waals surface area contributed by atoms with E-state index in [1.54, 1.807) is 41.8 Å². The van der Waals surface area contributed by atoms with E-state index in [1.807, 2.05) is 67.6 Å². The third kappa shape index (κ3) is 4.08. The van der Waals surface area contributed by atoms with Crippen molar-refractivity contribution < 1.29 is 9.53 Å². The number of anilines is 1. The Labute approximate surface area is 189 Å². The van der Waals surface area contributed by atoms with Crippen LogP contribution >= 0.6 is 11.3 Å². The normalized spacial score (nSPS) is 10.8. The SMILES string of the molecule is Cc1c(NC(=O)c2ccc(Oc3ccccc3)cc2)cccc1-c1nc2cccnc2s1. The topological polar surface area (TPSA) is 64.1 Å². The molecule has 2 aromatic heterocycles. The van der Waals surface area contributed by atoms with Gasteiger partial charge in [0.25, 0.3) is 5.91 Å². The maximum absolute atomic E-state index is 12.8. The van der Waals surface area contributed by atoms with E-state index in [9.17, 15) is 4.79 Å². The molecule has 0 bridgehead atoms. The van der Waals surface area contributed by atoms with Crippen LogP contribution in [0.1, 0.15) is 15.9 Å². The number of hydrogen-bond donors (Lipinski definition) is 1. The van der Waals surface area contributed by atoms with Gasteiger partial charge in [0, 0.05) is 23.0 Å². The zero-order chi connectivity index (χ0) is 21.9. The summed E-state index contributed by atoms with van der Waals surface area (Å²) in [6, 6.07) is 26.3. The van der Waals surface area contributed by atoms with Crippen molar-refractivity contribution in [1.82, 2.24) is 9.97 Å². The van der Waals surface area contributed by atoms with Crippen molar-refractivity contribution in [3.63, 3.8) is 0 Å². The zero-order valence-corrected chi connectivity index (χ0v) is 18.1. The van der Waals surface area contributed by atoms with Gasteiger partial charge in [0.2, 0.25) is 0 Å². The molecule has 156 valence electrons. The minimum Gasteiger partial charge on any atom is -0.457 e. The van der Waals surface area contributed by atoms with Gasteiger partial charge in [-0.1, -0.05) is 41.7 Å². The smallest absolute Gasteiger partial charge is 0.255 e. The van der Waals surface area contributed by atoms with E-state index in [2.05, 4.69) is 10.3 Å². The van der Waals surface area contributed by atoms with Gasteiger partial charge in [-0.15, -0.1) is 0 Å². The third-order valence-electron chi connectivity index (χ3n) is 5.07. The molecule has 1 amide bonds. The lowest BCUT2D eigenvalue weighted by atomic mass is 10.1. The second-order valence-electron chi connectivity index (χ2n) is 7.22. The Morgan fingerprint density at radius 1 is 0.875 bits per heavy atom. The van der Waals surface area contributed by atoms with E-state index in [0.717, 1.165) is 37.9 Å². The highest BCUT2D eigenvalue weighted by Gasteiger charge is 2.14. The number of nitrogens with zero attached hydrogens (tertiary/aromatic N) is 2. The second-order valence-corrected chi connectivity index (χ2v) is 8.20. The first-order valence-corrected chi connectivity index (χ1v) is 10.9. The van der Waals surface area contributed by atoms with Crippen molar-refractivity contribution in [3.05, 3.63) is 102 Å². The predicted octanol–water partition coefficient (Wildman–Crippen LogP) is 6.71. The fourth-order valence-electron chi connectivity index (χ4n) is 3.38. The Morgan fingerprint density at radius 3 is 2.44 bits per heavy atom. The molecule has 32 heavy (non-hydrogen) atoms. The molecule has 0 saturated heterocycles. The lowest BCUT2D eigenvalue weighted by molar-refractivity contribution is 0.102. The van der Waals surface area contributed by atoms with Crippen LogP contribution in [-0.2, 0) is 0 Å². The summed E-state index contributed by atoms with van der Waals surface area (Å²) >= 11 is 1.54. The molecular weight excluding hydrogens is 418 g/mol. The fourth-order valence-corrected chi connectivity index (χ4v) is 4.37. The summed E-state index contributed by atoms with van der Waals surface area (Å²) in [5, 5.41) is 3.91. The van der Waals surface area contributed by atoms with Crippen molar-refractivity contribution in [2.45, 2.75) is 6.92 Å². The first kappa shape index (κ1) is 19.9. The van der Waals surface area contributed by atoms with Crippen molar-refractivity contribution >= 4 is 33.3 Å². The van der Waals surface area contributed by atoms with Gasteiger partial charge in [-0.3, -0.25) is 4.79 Å². The van der Waals surface area contributed by atoms with E-state index in [-0.39, 0.29) is 5.91 Å². The number of ether oxygens (including phenoxy) is 1. The summed E-state index contributed by atoms with van der Waals surface area (Å²) in [6.07, 6.45) is 1.77. The molecule has 0 saturated carbocycles. The fraction of sp³-hybridized carbons (Fsp3) is 0.0385. The standard InChI is InChI=1S/C26H19N3O2S/c1-17-21(25-29-23-11-6-16-27-26(23)32-25)9-5-10-22(17)28-24(30)18-12-14-20(15-13-18)31-19-7-3-2-4-8-19/h2-16H,1H3,(H,28,30). The Hall–Kier alpha value is -4.03. The lowest BCUT2D eigenvalue weighted by Gasteiger charge is -2.12. The van der Waals surface area contributed by atoms with Crippen molar-refractivity contribution in [2.24, 2.45) is 0 Å². The molecule has 1 N–H and O–H groups in total. The minimum absolute atomic E-state index is 0.178. The van der Waals surface area contributed by atoms with Crippen LogP contribution in [0.2, 0.25) is 0 Å². The van der Waals surface area contributed by atoms with Gasteiger partial charge in [0.15, 0.2) is 0 Å². The number of benzene rings is 3. The van der Waals surface area contributed by atoms with Gasteiger partial charge in [-0.05, 0) is 67.1 Å². The van der Waals surface area contributed by atoms with Crippen LogP contribution in [0.3, 0.4) is 0 Å². The van der Waals surface area contributed by atoms with Crippen LogP contribution in [0, 0.1) is 6.92 Å². The summed E-state index contributed by atoms with van der Waals surface area (Å²) in [5.74, 6) is 1.25. The number of carbonyl (C=O) groups is 1. The number of fused-ring (bicyclic) bond motifs is 1. The van der Waals surface area contributed by atoms with Crippen LogP contribution < -0.4 is 10.1 Å². The summed E-state index contributed by atoms with van der Waals surface area (Å²) in [4.78, 5) is 22.8. The molecule has 5 nitrogen and oxygen atoms in total. The van der Waals surface area contributed by atoms with E-state index < -0.39 is 0 Å². The average Bonchev–Trinajstić information content (AvgIpc) is 3.25. The average molecular weight is 438 g/mol. The number of para-hydroxylation sites is 1. The molecule has 5 aromatic rings. The van der Waals surface area contributed by atoms with Gasteiger partial charge in [-0.25, -0.2) is 9.97 Å². The van der Waals surface area contributed by atoms with Crippen LogP contribution in [0.5, 0.6) is 11.5 Å². The first-order chi connectivity index (χ1) is 15.7. The van der Waals surface area contributed by atoms with Gasteiger partial charge in [0.1, 0.15) is 26.9 Å². The quantitative estimate of drug-likeness (QED) is 0.332. The number of hydrogen-bond acceptors (Lipinski definition) is 5. The monoisotopic (exact) mass is 437 g/mol. The number of amides is 1. The predicted molar refractivity (Wildman–Crippen MR) is 128 cm³/mol. The molecule has 0 fully saturated rings. The van der Waals surface area contributed by atoms with E-state index in [1.165, 1.54) is 0 Å². The van der Waals surface area contributed by atoms with Crippen molar-refractivity contribution in [3.8, 4) is 22.1 Å². The number of aromatic nitrogens is 2. The maximum Gasteiger partial charge on any atom is 0.255 e. The van der Waals surface area contributed by atoms with Crippen LogP contribution in [0.4, 0.5) is 5.69 Å². The molecule has 5 rings (SSSR count). The summed E-state index contributed by atoms with van der Waals surface area (Å²) in [7, 11) is 0. The molecule has 0 aliphatic rings. The van der Waals surface area contributed by atoms with Gasteiger partial charge < -0.3 is 10.1 Å². The number of nitrogens with one attached hydrogen (secondary N) is 1. The lowest BCUT2D eigenvalue weighted by Crippen LogP contribution is -2.12. The molecular formula is C26H19N3O2S. The van der Waals surface area contributed by atoms with Crippen molar-refractivity contribution in [1.29, 1.82) is 0 Å². The van der Waals surface area contributed by atoms with E-state index in [0.29, 0.717) is 11.3 Å². The summed E-state index contributed by atoms with van der Waals surface area (Å²) in [6.45, 7) is 1.99. The Balaban J connectivity index is 1.35. The molecule has 3 aromatic carbocycles. The molecule has 0 unspecified atom stereocenters. The largest absolute Gasteiger partial charge is 0.457 e. The Morgan fingerprint density at radius 2 is 1.66 bits per heavy atom. The molecule has 6 heteroatoms. The zero-order valence-electron chi connectivity index (χ0n) is 17.3. The van der Waals surface area contributed by atoms with Gasteiger partial charge in [-0.2, -0.15) is 0 Å². The number of rotatable bonds is 5. The van der Waals surface area contributed by atoms with Crippen LogP contribution in [0.25, 0.3) is 20.9 Å². The molecule has 0 radical (unpaired) electrons. The third-order valence-corrected chi connectivity index (χ3v) is 6.09. The number of pyridine rings is 1. The maximum atomic E-state index is 12.8. The highest BCUT2D eigenvalue weighted by molar-refractivity contribution is 7.21. The summed E-state index contributed by atoms with van der Waals surface area (Å²) < 4.78 is 5.80. The van der Waals surface area contributed by atoms with E-state index >= 15 is 0 Å². The number of thiazole rings is 1. The van der Waals surface area contributed by atoms with Crippen LogP contribution in [0.15, 0.2) is 91.1 Å². The summed E-state index contributed by atoms with van der Waals surface area (Å²) in [5.41, 5.74) is 4.13. The first-order valence-electron chi connectivity index (χ1n) is 10.1. The molecule has 0 spiro atoms. The van der Waals surface area contributed by atoms with Crippen LogP contribution in [-0.4, -0.2) is 15.9 Å². The Bertz CT molecular complexity index is 1360. The highest BCUT2D eigenvalue weighted by Crippen LogP contribution is 2.33. The highest BCUT2D eigenvalue weighted by atomic mass is 32.1. The van der Waals surface area contributed by atoms with Crippen molar-refractivity contribution in [2.75, 3.05) is 5.32 Å². The second kappa shape index (κ2) is 8.61. The van der Waals surface area contributed by atoms with E-state index in [4.69, 9.17) is 9.72 Å². The van der Waals surface area contributed by atoms with Gasteiger partial charge >= 0.3 is 0 Å². The molecule has 0 atom stereocenters. The van der Waals surface area contributed by atoms with Gasteiger partial charge in [0.05, 0.1) is 0 Å². The number of carbonyl (C=O) groups excluding carboxylic acids is 1. The molecule has 0 aliphatic heterocycles.